The van der Waals surface area contributed by atoms with Crippen molar-refractivity contribution in [1.82, 2.24) is 4.98 Å². The lowest BCUT2D eigenvalue weighted by Crippen LogP contribution is -2.16. The summed E-state index contributed by atoms with van der Waals surface area (Å²) in [7, 11) is 0. The summed E-state index contributed by atoms with van der Waals surface area (Å²) in [5.41, 5.74) is 6.87. The zero-order chi connectivity index (χ0) is 15.1. The predicted molar refractivity (Wildman–Crippen MR) is 87.7 cm³/mol. The monoisotopic (exact) mass is 302 g/mol. The Morgan fingerprint density at radius 1 is 1.24 bits per heavy atom. The van der Waals surface area contributed by atoms with E-state index >= 15 is 0 Å². The Morgan fingerprint density at radius 3 is 2.71 bits per heavy atom. The van der Waals surface area contributed by atoms with Crippen LogP contribution in [0, 0.1) is 0 Å². The second-order valence-corrected chi connectivity index (χ2v) is 5.25. The van der Waals surface area contributed by atoms with Crippen molar-refractivity contribution in [3.05, 3.63) is 59.4 Å². The molecule has 2 rings (SSSR count). The highest BCUT2D eigenvalue weighted by molar-refractivity contribution is 6.30. The van der Waals surface area contributed by atoms with Gasteiger partial charge in [0.2, 0.25) is 0 Å². The van der Waals surface area contributed by atoms with Gasteiger partial charge in [0.25, 0.3) is 0 Å². The lowest BCUT2D eigenvalue weighted by Gasteiger charge is -2.06. The summed E-state index contributed by atoms with van der Waals surface area (Å²) in [5, 5.41) is 0.685. The number of nitrogens with zero attached hydrogens (tertiary/aromatic N) is 1. The van der Waals surface area contributed by atoms with Crippen molar-refractivity contribution in [2.45, 2.75) is 25.8 Å². The van der Waals surface area contributed by atoms with Gasteiger partial charge in [-0.15, -0.1) is 0 Å². The van der Waals surface area contributed by atoms with E-state index in [2.05, 4.69) is 18.0 Å². The van der Waals surface area contributed by atoms with Crippen LogP contribution in [0.15, 0.2) is 48.8 Å². The minimum atomic E-state index is 0.211. The lowest BCUT2D eigenvalue weighted by molar-refractivity contribution is 0.480. The molecule has 110 valence electrons. The number of aromatic nitrogens is 1. The standard InChI is InChI=1S/C17H19ClN2O/c1-2-15(19)5-3-4-13-10-17(12-20-11-13)21-16-8-6-14(18)7-9-16/h3-4,6-12,15H,2,5,19H2,1H3/b4-3+. The van der Waals surface area contributed by atoms with Crippen molar-refractivity contribution in [2.75, 3.05) is 0 Å². The molecule has 2 N–H and O–H groups in total. The Hall–Kier alpha value is -1.84. The van der Waals surface area contributed by atoms with Crippen LogP contribution in [0.3, 0.4) is 0 Å². The second kappa shape index (κ2) is 7.81. The normalized spacial score (nSPS) is 12.5. The third kappa shape index (κ3) is 5.21. The number of nitrogens with two attached hydrogens (primary N) is 1. The Balaban J connectivity index is 2.02. The summed E-state index contributed by atoms with van der Waals surface area (Å²) < 4.78 is 5.74. The first-order valence-electron chi connectivity index (χ1n) is 6.98. The number of rotatable bonds is 6. The predicted octanol–water partition coefficient (Wildman–Crippen LogP) is 4.67. The molecule has 1 aromatic heterocycles. The maximum Gasteiger partial charge on any atom is 0.146 e. The smallest absolute Gasteiger partial charge is 0.146 e. The van der Waals surface area contributed by atoms with Gasteiger partial charge >= 0.3 is 0 Å². The van der Waals surface area contributed by atoms with E-state index in [0.717, 1.165) is 24.2 Å². The van der Waals surface area contributed by atoms with Gasteiger partial charge in [0.1, 0.15) is 11.5 Å². The molecule has 21 heavy (non-hydrogen) atoms. The van der Waals surface area contributed by atoms with E-state index in [-0.39, 0.29) is 6.04 Å². The van der Waals surface area contributed by atoms with Crippen LogP contribution in [0.1, 0.15) is 25.3 Å². The fourth-order valence-electron chi connectivity index (χ4n) is 1.77. The number of pyridine rings is 1. The number of ether oxygens (including phenoxy) is 1. The number of hydrogen-bond donors (Lipinski definition) is 1. The molecular formula is C17H19ClN2O. The van der Waals surface area contributed by atoms with Crippen molar-refractivity contribution in [3.8, 4) is 11.5 Å². The average molecular weight is 303 g/mol. The van der Waals surface area contributed by atoms with Gasteiger partial charge in [-0.2, -0.15) is 0 Å². The molecule has 0 radical (unpaired) electrons. The first-order valence-corrected chi connectivity index (χ1v) is 7.35. The summed E-state index contributed by atoms with van der Waals surface area (Å²) in [6, 6.07) is 9.38. The van der Waals surface area contributed by atoms with E-state index in [9.17, 15) is 0 Å². The molecule has 0 amide bonds. The molecule has 0 fully saturated rings. The third-order valence-corrected chi connectivity index (χ3v) is 3.31. The first kappa shape index (κ1) is 15.5. The molecule has 4 heteroatoms. The van der Waals surface area contributed by atoms with Crippen LogP contribution in [0.25, 0.3) is 6.08 Å². The van der Waals surface area contributed by atoms with Crippen molar-refractivity contribution in [3.63, 3.8) is 0 Å². The van der Waals surface area contributed by atoms with Crippen LogP contribution < -0.4 is 10.5 Å². The minimum Gasteiger partial charge on any atom is -0.456 e. The molecule has 0 saturated carbocycles. The van der Waals surface area contributed by atoms with E-state index in [1.807, 2.05) is 24.3 Å². The molecule has 1 aromatic carbocycles. The summed E-state index contributed by atoms with van der Waals surface area (Å²) in [4.78, 5) is 4.18. The number of hydrogen-bond acceptors (Lipinski definition) is 3. The fourth-order valence-corrected chi connectivity index (χ4v) is 1.89. The van der Waals surface area contributed by atoms with Crippen molar-refractivity contribution >= 4 is 17.7 Å². The van der Waals surface area contributed by atoms with Crippen LogP contribution in [0.4, 0.5) is 0 Å². The lowest BCUT2D eigenvalue weighted by atomic mass is 10.1. The molecule has 1 atom stereocenters. The highest BCUT2D eigenvalue weighted by Crippen LogP contribution is 2.23. The van der Waals surface area contributed by atoms with Crippen LogP contribution >= 0.6 is 11.6 Å². The zero-order valence-electron chi connectivity index (χ0n) is 12.0. The maximum absolute atomic E-state index is 5.88. The van der Waals surface area contributed by atoms with Gasteiger partial charge in [0.05, 0.1) is 6.20 Å². The Morgan fingerprint density at radius 2 is 2.00 bits per heavy atom. The molecule has 0 bridgehead atoms. The van der Waals surface area contributed by atoms with Crippen molar-refractivity contribution in [2.24, 2.45) is 5.73 Å². The van der Waals surface area contributed by atoms with E-state index in [1.54, 1.807) is 24.5 Å². The Bertz CT molecular complexity index is 596. The molecule has 2 aromatic rings. The van der Waals surface area contributed by atoms with Crippen molar-refractivity contribution < 1.29 is 4.74 Å². The SMILES string of the molecule is CCC(N)C/C=C/c1cncc(Oc2ccc(Cl)cc2)c1. The van der Waals surface area contributed by atoms with Crippen LogP contribution in [-0.4, -0.2) is 11.0 Å². The van der Waals surface area contributed by atoms with Gasteiger partial charge in [-0.05, 0) is 48.7 Å². The molecule has 1 heterocycles. The van der Waals surface area contributed by atoms with Gasteiger partial charge in [0.15, 0.2) is 0 Å². The number of halogens is 1. The highest BCUT2D eigenvalue weighted by atomic mass is 35.5. The third-order valence-electron chi connectivity index (χ3n) is 3.06. The maximum atomic E-state index is 5.88. The quantitative estimate of drug-likeness (QED) is 0.843. The van der Waals surface area contributed by atoms with Gasteiger partial charge < -0.3 is 10.5 Å². The van der Waals surface area contributed by atoms with E-state index in [1.165, 1.54) is 0 Å². The number of benzene rings is 1. The highest BCUT2D eigenvalue weighted by Gasteiger charge is 1.99. The molecule has 0 spiro atoms. The Labute approximate surface area is 130 Å². The minimum absolute atomic E-state index is 0.211. The fraction of sp³-hybridized carbons (Fsp3) is 0.235. The van der Waals surface area contributed by atoms with Gasteiger partial charge in [0, 0.05) is 17.3 Å². The van der Waals surface area contributed by atoms with E-state index in [0.29, 0.717) is 10.8 Å². The van der Waals surface area contributed by atoms with Gasteiger partial charge in [-0.3, -0.25) is 4.98 Å². The molecule has 1 unspecified atom stereocenters. The second-order valence-electron chi connectivity index (χ2n) is 4.82. The summed E-state index contributed by atoms with van der Waals surface area (Å²) in [6.07, 6.45) is 9.39. The topological polar surface area (TPSA) is 48.1 Å². The Kier molecular flexibility index (Phi) is 5.78. The van der Waals surface area contributed by atoms with Crippen LogP contribution in [0.2, 0.25) is 5.02 Å². The van der Waals surface area contributed by atoms with E-state index < -0.39 is 0 Å². The molecule has 0 saturated heterocycles. The largest absolute Gasteiger partial charge is 0.456 e. The van der Waals surface area contributed by atoms with Gasteiger partial charge in [-0.1, -0.05) is 30.7 Å². The van der Waals surface area contributed by atoms with E-state index in [4.69, 9.17) is 22.1 Å². The zero-order valence-corrected chi connectivity index (χ0v) is 12.8. The summed E-state index contributed by atoms with van der Waals surface area (Å²) >= 11 is 5.85. The molecule has 3 nitrogen and oxygen atoms in total. The van der Waals surface area contributed by atoms with Crippen LogP contribution in [0.5, 0.6) is 11.5 Å². The summed E-state index contributed by atoms with van der Waals surface area (Å²) in [5.74, 6) is 1.43. The average Bonchev–Trinajstić information content (AvgIpc) is 2.50. The first-order chi connectivity index (χ1) is 10.2. The molecule has 0 aliphatic heterocycles. The molecular weight excluding hydrogens is 284 g/mol. The van der Waals surface area contributed by atoms with Gasteiger partial charge in [-0.25, -0.2) is 0 Å². The van der Waals surface area contributed by atoms with Crippen LogP contribution in [-0.2, 0) is 0 Å². The molecule has 0 aliphatic rings. The van der Waals surface area contributed by atoms with Crippen molar-refractivity contribution in [1.29, 1.82) is 0 Å². The molecule has 0 aliphatic carbocycles. The summed E-state index contributed by atoms with van der Waals surface area (Å²) in [6.45, 7) is 2.08.